The lowest BCUT2D eigenvalue weighted by molar-refractivity contribution is 0.0947. The van der Waals surface area contributed by atoms with Gasteiger partial charge in [0, 0.05) is 23.7 Å². The molecular formula is C15H22Cl2N4OS. The fourth-order valence-electron chi connectivity index (χ4n) is 2.62. The molecule has 0 aromatic carbocycles. The summed E-state index contributed by atoms with van der Waals surface area (Å²) in [6.07, 6.45) is 4.09. The molecule has 1 saturated heterocycles. The maximum absolute atomic E-state index is 12.1. The van der Waals surface area contributed by atoms with Crippen molar-refractivity contribution in [2.75, 3.05) is 19.6 Å². The molecule has 3 heterocycles. The Hall–Kier alpha value is -1.08. The van der Waals surface area contributed by atoms with Gasteiger partial charge in [-0.05, 0) is 44.8 Å². The zero-order chi connectivity index (χ0) is 14.7. The van der Waals surface area contributed by atoms with E-state index in [-0.39, 0.29) is 30.7 Å². The third-order valence-electron chi connectivity index (χ3n) is 3.84. The zero-order valence-corrected chi connectivity index (χ0v) is 15.4. The van der Waals surface area contributed by atoms with Crippen molar-refractivity contribution in [1.29, 1.82) is 0 Å². The molecule has 1 amide bonds. The SMILES string of the molecule is Cc1nc(-c2c[nH]c(C(=O)NCCC3CCNC3)c2)cs1.Cl.Cl. The van der Waals surface area contributed by atoms with Crippen molar-refractivity contribution < 1.29 is 4.79 Å². The van der Waals surface area contributed by atoms with Gasteiger partial charge in [0.2, 0.25) is 0 Å². The van der Waals surface area contributed by atoms with E-state index >= 15 is 0 Å². The smallest absolute Gasteiger partial charge is 0.267 e. The first-order chi connectivity index (χ1) is 10.2. The third-order valence-corrected chi connectivity index (χ3v) is 4.62. The average Bonchev–Trinajstić information content (AvgIpc) is 3.19. The Morgan fingerprint density at radius 3 is 2.96 bits per heavy atom. The second-order valence-electron chi connectivity index (χ2n) is 5.46. The van der Waals surface area contributed by atoms with E-state index in [1.54, 1.807) is 11.3 Å². The molecule has 1 aliphatic rings. The molecule has 0 aliphatic carbocycles. The minimum atomic E-state index is -0.0424. The Morgan fingerprint density at radius 1 is 1.48 bits per heavy atom. The van der Waals surface area contributed by atoms with E-state index in [1.165, 1.54) is 6.42 Å². The van der Waals surface area contributed by atoms with Gasteiger partial charge >= 0.3 is 0 Å². The molecule has 0 radical (unpaired) electrons. The Morgan fingerprint density at radius 2 is 2.30 bits per heavy atom. The van der Waals surface area contributed by atoms with Gasteiger partial charge in [0.05, 0.1) is 10.7 Å². The van der Waals surface area contributed by atoms with Crippen molar-refractivity contribution in [2.24, 2.45) is 5.92 Å². The summed E-state index contributed by atoms with van der Waals surface area (Å²) in [6, 6.07) is 1.86. The number of nitrogens with zero attached hydrogens (tertiary/aromatic N) is 1. The average molecular weight is 377 g/mol. The summed E-state index contributed by atoms with van der Waals surface area (Å²) in [5, 5.41) is 9.36. The largest absolute Gasteiger partial charge is 0.357 e. The van der Waals surface area contributed by atoms with Crippen LogP contribution in [0.2, 0.25) is 0 Å². The van der Waals surface area contributed by atoms with Crippen LogP contribution >= 0.6 is 36.2 Å². The van der Waals surface area contributed by atoms with Gasteiger partial charge in [-0.25, -0.2) is 4.98 Å². The van der Waals surface area contributed by atoms with E-state index in [0.29, 0.717) is 11.6 Å². The zero-order valence-electron chi connectivity index (χ0n) is 12.9. The number of hydrogen-bond donors (Lipinski definition) is 3. The number of amides is 1. The molecule has 3 N–H and O–H groups in total. The molecule has 2 aromatic rings. The van der Waals surface area contributed by atoms with Gasteiger partial charge in [0.15, 0.2) is 0 Å². The van der Waals surface area contributed by atoms with Crippen LogP contribution in [0.4, 0.5) is 0 Å². The summed E-state index contributed by atoms with van der Waals surface area (Å²) in [7, 11) is 0. The highest BCUT2D eigenvalue weighted by molar-refractivity contribution is 7.09. The number of rotatable bonds is 5. The van der Waals surface area contributed by atoms with E-state index in [4.69, 9.17) is 0 Å². The summed E-state index contributed by atoms with van der Waals surface area (Å²) >= 11 is 1.61. The highest BCUT2D eigenvalue weighted by atomic mass is 35.5. The van der Waals surface area contributed by atoms with Crippen molar-refractivity contribution in [3.63, 3.8) is 0 Å². The van der Waals surface area contributed by atoms with E-state index in [2.05, 4.69) is 20.6 Å². The lowest BCUT2D eigenvalue weighted by Gasteiger charge is -2.08. The number of aryl methyl sites for hydroxylation is 1. The van der Waals surface area contributed by atoms with E-state index < -0.39 is 0 Å². The lowest BCUT2D eigenvalue weighted by Crippen LogP contribution is -2.26. The van der Waals surface area contributed by atoms with Gasteiger partial charge in [0.1, 0.15) is 5.69 Å². The molecule has 128 valence electrons. The van der Waals surface area contributed by atoms with E-state index in [0.717, 1.165) is 42.3 Å². The van der Waals surface area contributed by atoms with Crippen molar-refractivity contribution in [1.82, 2.24) is 20.6 Å². The van der Waals surface area contributed by atoms with Crippen LogP contribution in [0.25, 0.3) is 11.3 Å². The molecule has 0 saturated carbocycles. The Balaban J connectivity index is 0.00000132. The number of halogens is 2. The van der Waals surface area contributed by atoms with E-state index in [9.17, 15) is 4.79 Å². The topological polar surface area (TPSA) is 69.8 Å². The van der Waals surface area contributed by atoms with Gasteiger partial charge in [-0.1, -0.05) is 0 Å². The fraction of sp³-hybridized carbons (Fsp3) is 0.467. The number of hydrogen-bond acceptors (Lipinski definition) is 4. The number of aromatic amines is 1. The first-order valence-corrected chi connectivity index (χ1v) is 8.20. The number of thiazole rings is 1. The first kappa shape index (κ1) is 20.0. The van der Waals surface area contributed by atoms with E-state index in [1.807, 2.05) is 24.6 Å². The predicted molar refractivity (Wildman–Crippen MR) is 99.1 cm³/mol. The van der Waals surface area contributed by atoms with Gasteiger partial charge in [0.25, 0.3) is 5.91 Å². The summed E-state index contributed by atoms with van der Waals surface area (Å²) < 4.78 is 0. The Bertz CT molecular complexity index is 623. The van der Waals surface area contributed by atoms with Gasteiger partial charge in [-0.2, -0.15) is 0 Å². The molecule has 8 heteroatoms. The molecule has 0 spiro atoms. The van der Waals surface area contributed by atoms with Crippen LogP contribution in [-0.4, -0.2) is 35.5 Å². The molecular weight excluding hydrogens is 355 g/mol. The normalized spacial score (nSPS) is 16.5. The van der Waals surface area contributed by atoms with Crippen LogP contribution in [0.1, 0.15) is 28.3 Å². The lowest BCUT2D eigenvalue weighted by atomic mass is 10.1. The number of carbonyl (C=O) groups excluding carboxylic acids is 1. The van der Waals surface area contributed by atoms with Crippen molar-refractivity contribution in [2.45, 2.75) is 19.8 Å². The highest BCUT2D eigenvalue weighted by Gasteiger charge is 2.15. The quantitative estimate of drug-likeness (QED) is 0.750. The second kappa shape index (κ2) is 9.27. The number of H-pyrrole nitrogens is 1. The fourth-order valence-corrected chi connectivity index (χ4v) is 3.24. The van der Waals surface area contributed by atoms with Gasteiger partial charge in [-0.15, -0.1) is 36.2 Å². The van der Waals surface area contributed by atoms with Crippen LogP contribution in [-0.2, 0) is 0 Å². The van der Waals surface area contributed by atoms with Crippen molar-refractivity contribution >= 4 is 42.1 Å². The summed E-state index contributed by atoms with van der Waals surface area (Å²) in [5.41, 5.74) is 2.48. The molecule has 3 rings (SSSR count). The molecule has 23 heavy (non-hydrogen) atoms. The molecule has 1 atom stereocenters. The van der Waals surface area contributed by atoms with Crippen molar-refractivity contribution in [3.05, 3.63) is 28.3 Å². The number of nitrogens with one attached hydrogen (secondary N) is 3. The summed E-state index contributed by atoms with van der Waals surface area (Å²) in [6.45, 7) is 4.89. The van der Waals surface area contributed by atoms with Gasteiger partial charge in [-0.3, -0.25) is 4.79 Å². The van der Waals surface area contributed by atoms with Gasteiger partial charge < -0.3 is 15.6 Å². The molecule has 1 unspecified atom stereocenters. The number of aromatic nitrogens is 2. The molecule has 1 aliphatic heterocycles. The summed E-state index contributed by atoms with van der Waals surface area (Å²) in [4.78, 5) is 19.6. The minimum Gasteiger partial charge on any atom is -0.357 e. The van der Waals surface area contributed by atoms with Crippen molar-refractivity contribution in [3.8, 4) is 11.3 Å². The van der Waals surface area contributed by atoms with Crippen LogP contribution in [0.15, 0.2) is 17.6 Å². The predicted octanol–water partition coefficient (Wildman–Crippen LogP) is 3.02. The monoisotopic (exact) mass is 376 g/mol. The highest BCUT2D eigenvalue weighted by Crippen LogP contribution is 2.22. The standard InChI is InChI=1S/C15H20N4OS.2ClH/c1-10-19-14(9-21-10)12-6-13(18-8-12)15(20)17-5-3-11-2-4-16-7-11;;/h6,8-9,11,16,18H,2-5,7H2,1H3,(H,17,20);2*1H. The second-order valence-corrected chi connectivity index (χ2v) is 6.52. The Labute approximate surface area is 152 Å². The molecule has 2 aromatic heterocycles. The van der Waals surface area contributed by atoms with Crippen LogP contribution in [0.5, 0.6) is 0 Å². The van der Waals surface area contributed by atoms with Crippen LogP contribution in [0, 0.1) is 12.8 Å². The first-order valence-electron chi connectivity index (χ1n) is 7.32. The maximum Gasteiger partial charge on any atom is 0.267 e. The molecule has 1 fully saturated rings. The number of carbonyl (C=O) groups is 1. The minimum absolute atomic E-state index is 0. The molecule has 5 nitrogen and oxygen atoms in total. The van der Waals surface area contributed by atoms with Crippen LogP contribution < -0.4 is 10.6 Å². The summed E-state index contributed by atoms with van der Waals surface area (Å²) in [5.74, 6) is 0.654. The Kier molecular flexibility index (Phi) is 8.05. The third kappa shape index (κ3) is 5.21. The van der Waals surface area contributed by atoms with Crippen LogP contribution in [0.3, 0.4) is 0 Å². The maximum atomic E-state index is 12.1. The molecule has 0 bridgehead atoms.